The Balaban J connectivity index is 1.51. The molecule has 32 heavy (non-hydrogen) atoms. The standard InChI is InChI=1S/C24H29FNO4PS/c25-21-10-7-19(8-11-21)5-1-2-14-30-23-12-9-20(17-22(23)24-6-3-16-32-24)18-26-13-4-15-31(27,28)29/h3,6-12,16-17,26H,1-2,4-5,13-15,18H2,(H2,27,28,29). The van der Waals surface area contributed by atoms with Crippen LogP contribution in [-0.4, -0.2) is 29.1 Å². The summed E-state index contributed by atoms with van der Waals surface area (Å²) in [5.74, 6) is 0.637. The van der Waals surface area contributed by atoms with E-state index in [2.05, 4.69) is 17.4 Å². The lowest BCUT2D eigenvalue weighted by molar-refractivity contribution is 0.308. The number of hydrogen-bond acceptors (Lipinski definition) is 4. The van der Waals surface area contributed by atoms with E-state index >= 15 is 0 Å². The maximum Gasteiger partial charge on any atom is 0.325 e. The van der Waals surface area contributed by atoms with E-state index < -0.39 is 7.60 Å². The molecule has 3 rings (SSSR count). The van der Waals surface area contributed by atoms with E-state index in [0.29, 0.717) is 26.1 Å². The quantitative estimate of drug-likeness (QED) is 0.220. The molecular weight excluding hydrogens is 448 g/mol. The highest BCUT2D eigenvalue weighted by Crippen LogP contribution is 2.35. The third kappa shape index (κ3) is 8.49. The van der Waals surface area contributed by atoms with Gasteiger partial charge in [0, 0.05) is 17.0 Å². The molecule has 1 heterocycles. The van der Waals surface area contributed by atoms with Crippen LogP contribution in [0.4, 0.5) is 4.39 Å². The van der Waals surface area contributed by atoms with E-state index in [9.17, 15) is 8.96 Å². The van der Waals surface area contributed by atoms with E-state index in [0.717, 1.165) is 46.6 Å². The first kappa shape index (κ1) is 24.6. The monoisotopic (exact) mass is 477 g/mol. The van der Waals surface area contributed by atoms with E-state index in [4.69, 9.17) is 14.5 Å². The van der Waals surface area contributed by atoms with Crippen molar-refractivity contribution < 1.29 is 23.5 Å². The summed E-state index contributed by atoms with van der Waals surface area (Å²) in [6, 6.07) is 16.8. The van der Waals surface area contributed by atoms with Gasteiger partial charge in [-0.2, -0.15) is 0 Å². The highest BCUT2D eigenvalue weighted by molar-refractivity contribution is 7.51. The molecule has 0 fully saturated rings. The molecule has 1 aromatic heterocycles. The van der Waals surface area contributed by atoms with Crippen molar-refractivity contribution in [2.75, 3.05) is 19.3 Å². The minimum absolute atomic E-state index is 0.103. The largest absolute Gasteiger partial charge is 0.493 e. The minimum atomic E-state index is -3.93. The van der Waals surface area contributed by atoms with Gasteiger partial charge in [-0.05, 0) is 79.1 Å². The number of halogens is 1. The Bertz CT molecular complexity index is 1010. The van der Waals surface area contributed by atoms with Crippen molar-refractivity contribution in [1.82, 2.24) is 5.32 Å². The molecule has 0 bridgehead atoms. The van der Waals surface area contributed by atoms with Gasteiger partial charge in [-0.15, -0.1) is 11.3 Å². The van der Waals surface area contributed by atoms with Gasteiger partial charge in [-0.3, -0.25) is 4.57 Å². The molecule has 8 heteroatoms. The molecule has 3 N–H and O–H groups in total. The van der Waals surface area contributed by atoms with Crippen LogP contribution in [0.25, 0.3) is 10.4 Å². The molecule has 0 atom stereocenters. The van der Waals surface area contributed by atoms with Crippen LogP contribution >= 0.6 is 18.9 Å². The summed E-state index contributed by atoms with van der Waals surface area (Å²) >= 11 is 1.66. The maximum atomic E-state index is 13.0. The topological polar surface area (TPSA) is 78.8 Å². The van der Waals surface area contributed by atoms with Crippen LogP contribution < -0.4 is 10.1 Å². The fraction of sp³-hybridized carbons (Fsp3) is 0.333. The van der Waals surface area contributed by atoms with E-state index in [1.807, 2.05) is 35.7 Å². The van der Waals surface area contributed by atoms with Crippen LogP contribution in [0.5, 0.6) is 5.75 Å². The molecule has 0 amide bonds. The molecule has 3 aromatic rings. The third-order valence-electron chi connectivity index (χ3n) is 4.99. The zero-order valence-electron chi connectivity index (χ0n) is 17.9. The Labute approximate surface area is 192 Å². The van der Waals surface area contributed by atoms with Gasteiger partial charge in [0.2, 0.25) is 0 Å². The lowest BCUT2D eigenvalue weighted by atomic mass is 10.1. The average Bonchev–Trinajstić information content (AvgIpc) is 3.29. The first-order valence-electron chi connectivity index (χ1n) is 10.7. The molecular formula is C24H29FNO4PS. The highest BCUT2D eigenvalue weighted by atomic mass is 32.1. The molecule has 0 aliphatic carbocycles. The second-order valence-electron chi connectivity index (χ2n) is 7.66. The van der Waals surface area contributed by atoms with Crippen molar-refractivity contribution in [1.29, 1.82) is 0 Å². The first-order chi connectivity index (χ1) is 15.4. The van der Waals surface area contributed by atoms with Crippen LogP contribution in [0.15, 0.2) is 60.0 Å². The first-order valence-corrected chi connectivity index (χ1v) is 13.4. The third-order valence-corrected chi connectivity index (χ3v) is 6.80. The molecule has 0 radical (unpaired) electrons. The van der Waals surface area contributed by atoms with Crippen LogP contribution in [0.1, 0.15) is 30.4 Å². The van der Waals surface area contributed by atoms with Gasteiger partial charge in [-0.1, -0.05) is 24.3 Å². The van der Waals surface area contributed by atoms with Gasteiger partial charge in [0.15, 0.2) is 0 Å². The maximum absolute atomic E-state index is 13.0. The Morgan fingerprint density at radius 1 is 1.00 bits per heavy atom. The van der Waals surface area contributed by atoms with Gasteiger partial charge >= 0.3 is 7.60 Å². The van der Waals surface area contributed by atoms with Gasteiger partial charge in [0.05, 0.1) is 12.8 Å². The number of thiophene rings is 1. The lowest BCUT2D eigenvalue weighted by Crippen LogP contribution is -2.15. The number of hydrogen-bond donors (Lipinski definition) is 3. The van der Waals surface area contributed by atoms with Gasteiger partial charge in [0.25, 0.3) is 0 Å². The molecule has 0 saturated heterocycles. The summed E-state index contributed by atoms with van der Waals surface area (Å²) in [7, 11) is -3.93. The van der Waals surface area contributed by atoms with Crippen molar-refractivity contribution in [2.45, 2.75) is 32.2 Å². The summed E-state index contributed by atoms with van der Waals surface area (Å²) in [5.41, 5.74) is 3.27. The van der Waals surface area contributed by atoms with Crippen LogP contribution in [0, 0.1) is 5.82 Å². The van der Waals surface area contributed by atoms with Crippen molar-refractivity contribution in [3.63, 3.8) is 0 Å². The Morgan fingerprint density at radius 2 is 1.78 bits per heavy atom. The summed E-state index contributed by atoms with van der Waals surface area (Å²) in [6.45, 7) is 1.78. The van der Waals surface area contributed by atoms with Crippen molar-refractivity contribution >= 4 is 18.9 Å². The Kier molecular flexibility index (Phi) is 9.45. The summed E-state index contributed by atoms with van der Waals surface area (Å²) in [4.78, 5) is 19.0. The van der Waals surface area contributed by atoms with E-state index in [1.54, 1.807) is 11.3 Å². The molecule has 0 saturated carbocycles. The van der Waals surface area contributed by atoms with Crippen molar-refractivity contribution in [3.05, 3.63) is 76.9 Å². The lowest BCUT2D eigenvalue weighted by Gasteiger charge is -2.13. The molecule has 0 aliphatic rings. The van der Waals surface area contributed by atoms with E-state index in [1.165, 1.54) is 12.1 Å². The van der Waals surface area contributed by atoms with Gasteiger partial charge in [-0.25, -0.2) is 4.39 Å². The summed E-state index contributed by atoms with van der Waals surface area (Å²) in [6.07, 6.45) is 3.10. The number of aryl methyl sites for hydroxylation is 1. The Hall–Kier alpha value is -2.02. The zero-order chi connectivity index (χ0) is 22.8. The van der Waals surface area contributed by atoms with Crippen molar-refractivity contribution in [2.24, 2.45) is 0 Å². The van der Waals surface area contributed by atoms with Crippen molar-refractivity contribution in [3.8, 4) is 16.2 Å². The smallest absolute Gasteiger partial charge is 0.325 e. The average molecular weight is 478 g/mol. The summed E-state index contributed by atoms with van der Waals surface area (Å²) in [5, 5.41) is 5.28. The number of nitrogens with one attached hydrogen (secondary N) is 1. The molecule has 172 valence electrons. The van der Waals surface area contributed by atoms with Gasteiger partial charge in [0.1, 0.15) is 11.6 Å². The van der Waals surface area contributed by atoms with Crippen LogP contribution in [0.3, 0.4) is 0 Å². The normalized spacial score (nSPS) is 11.6. The fourth-order valence-electron chi connectivity index (χ4n) is 3.34. The predicted molar refractivity (Wildman–Crippen MR) is 128 cm³/mol. The molecule has 0 spiro atoms. The second kappa shape index (κ2) is 12.3. The second-order valence-corrected chi connectivity index (χ2v) is 10.4. The zero-order valence-corrected chi connectivity index (χ0v) is 19.6. The Morgan fingerprint density at radius 3 is 2.50 bits per heavy atom. The fourth-order valence-corrected chi connectivity index (χ4v) is 4.66. The van der Waals surface area contributed by atoms with Gasteiger partial charge < -0.3 is 19.8 Å². The number of ether oxygens (including phenoxy) is 1. The van der Waals surface area contributed by atoms with E-state index in [-0.39, 0.29) is 12.0 Å². The van der Waals surface area contributed by atoms with Crippen LogP contribution in [-0.2, 0) is 17.5 Å². The van der Waals surface area contributed by atoms with Crippen LogP contribution in [0.2, 0.25) is 0 Å². The number of unbranched alkanes of at least 4 members (excludes halogenated alkanes) is 1. The molecule has 2 aromatic carbocycles. The SMILES string of the molecule is O=P(O)(O)CCCNCc1ccc(OCCCCc2ccc(F)cc2)c(-c2cccs2)c1. The summed E-state index contributed by atoms with van der Waals surface area (Å²) < 4.78 is 30.0. The molecule has 0 unspecified atom stereocenters. The molecule has 0 aliphatic heterocycles. The highest BCUT2D eigenvalue weighted by Gasteiger charge is 2.12. The molecule has 5 nitrogen and oxygen atoms in total. The predicted octanol–water partition coefficient (Wildman–Crippen LogP) is 5.61. The minimum Gasteiger partial charge on any atom is -0.493 e. The number of benzene rings is 2. The number of rotatable bonds is 13.